The number of anilines is 1. The number of rotatable bonds is 5. The number of hydrogen-bond acceptors (Lipinski definition) is 3. The fourth-order valence-corrected chi connectivity index (χ4v) is 2.97. The van der Waals surface area contributed by atoms with Crippen LogP contribution in [0.2, 0.25) is 0 Å². The summed E-state index contributed by atoms with van der Waals surface area (Å²) in [4.78, 5) is 14.7. The molecule has 0 saturated heterocycles. The van der Waals surface area contributed by atoms with Crippen LogP contribution >= 0.6 is 24.0 Å². The first-order chi connectivity index (χ1) is 11.6. The average Bonchev–Trinajstić information content (AvgIpc) is 3.03. The maximum Gasteiger partial charge on any atom is 0.269 e. The Morgan fingerprint density at radius 3 is 2.80 bits per heavy atom. The van der Waals surface area contributed by atoms with Gasteiger partial charge in [-0.25, -0.2) is 0 Å². The fourth-order valence-electron chi connectivity index (χ4n) is 2.97. The summed E-state index contributed by atoms with van der Waals surface area (Å²) in [5.74, 6) is 0.360. The number of guanidine groups is 1. The van der Waals surface area contributed by atoms with Crippen LogP contribution in [-0.4, -0.2) is 17.4 Å². The van der Waals surface area contributed by atoms with Crippen LogP contribution in [0.4, 0.5) is 11.4 Å². The zero-order valence-electron chi connectivity index (χ0n) is 13.8. The monoisotopic (exact) mass is 452 g/mol. The normalized spacial score (nSPS) is 13.0. The second-order valence-electron chi connectivity index (χ2n) is 5.91. The summed E-state index contributed by atoms with van der Waals surface area (Å²) in [6.07, 6.45) is 4.09. The Hall–Kier alpha value is -2.16. The Labute approximate surface area is 163 Å². The van der Waals surface area contributed by atoms with E-state index in [1.807, 2.05) is 12.1 Å². The highest BCUT2D eigenvalue weighted by molar-refractivity contribution is 14.0. The van der Waals surface area contributed by atoms with Crippen molar-refractivity contribution in [2.45, 2.75) is 25.7 Å². The van der Waals surface area contributed by atoms with Gasteiger partial charge in [0.1, 0.15) is 0 Å². The average molecular weight is 452 g/mol. The lowest BCUT2D eigenvalue weighted by Gasteiger charge is -2.08. The number of nitrogens with two attached hydrogens (primary N) is 1. The van der Waals surface area contributed by atoms with E-state index in [4.69, 9.17) is 5.73 Å². The Kier molecular flexibility index (Phi) is 6.74. The molecule has 25 heavy (non-hydrogen) atoms. The van der Waals surface area contributed by atoms with Crippen molar-refractivity contribution in [2.24, 2.45) is 10.7 Å². The van der Waals surface area contributed by atoms with Gasteiger partial charge >= 0.3 is 0 Å². The number of nitro groups is 1. The number of non-ortho nitro benzene ring substituents is 1. The number of benzene rings is 2. The van der Waals surface area contributed by atoms with Gasteiger partial charge in [0.05, 0.1) is 4.92 Å². The number of hydrogen-bond donors (Lipinski definition) is 2. The minimum atomic E-state index is -0.392. The molecule has 7 heteroatoms. The van der Waals surface area contributed by atoms with E-state index in [9.17, 15) is 10.1 Å². The highest BCUT2D eigenvalue weighted by atomic mass is 127. The summed E-state index contributed by atoms with van der Waals surface area (Å²) in [5.41, 5.74) is 10.6. The van der Waals surface area contributed by atoms with Crippen LogP contribution in [0, 0.1) is 10.1 Å². The molecule has 0 heterocycles. The quantitative estimate of drug-likeness (QED) is 0.238. The van der Waals surface area contributed by atoms with Crippen LogP contribution in [0.3, 0.4) is 0 Å². The van der Waals surface area contributed by atoms with Gasteiger partial charge in [-0.3, -0.25) is 15.1 Å². The SMILES string of the molecule is I.NC(=NCCc1cccc([N+](=O)[O-])c1)Nc1ccc2c(c1)CCC2. The maximum absolute atomic E-state index is 10.8. The highest BCUT2D eigenvalue weighted by Gasteiger charge is 2.11. The van der Waals surface area contributed by atoms with E-state index in [0.717, 1.165) is 24.1 Å². The Morgan fingerprint density at radius 1 is 1.20 bits per heavy atom. The highest BCUT2D eigenvalue weighted by Crippen LogP contribution is 2.24. The van der Waals surface area contributed by atoms with Crippen LogP contribution in [0.15, 0.2) is 47.5 Å². The second-order valence-corrected chi connectivity index (χ2v) is 5.91. The lowest BCUT2D eigenvalue weighted by molar-refractivity contribution is -0.384. The van der Waals surface area contributed by atoms with Gasteiger partial charge in [0.15, 0.2) is 5.96 Å². The van der Waals surface area contributed by atoms with Gasteiger partial charge in [0, 0.05) is 24.4 Å². The smallest absolute Gasteiger partial charge is 0.269 e. The number of nitrogens with zero attached hydrogens (tertiary/aromatic N) is 2. The Bertz CT molecular complexity index is 792. The predicted octanol–water partition coefficient (Wildman–Crippen LogP) is 3.67. The van der Waals surface area contributed by atoms with Gasteiger partial charge in [0.25, 0.3) is 5.69 Å². The number of nitro benzene ring substituents is 1. The second kappa shape index (κ2) is 8.80. The molecule has 1 aliphatic rings. The van der Waals surface area contributed by atoms with Crippen molar-refractivity contribution in [1.82, 2.24) is 0 Å². The summed E-state index contributed by atoms with van der Waals surface area (Å²) in [7, 11) is 0. The van der Waals surface area contributed by atoms with Crippen molar-refractivity contribution in [3.8, 4) is 0 Å². The Morgan fingerprint density at radius 2 is 2.00 bits per heavy atom. The minimum absolute atomic E-state index is 0. The van der Waals surface area contributed by atoms with Gasteiger partial charge in [-0.2, -0.15) is 0 Å². The third kappa shape index (κ3) is 5.15. The van der Waals surface area contributed by atoms with Crippen LogP contribution in [0.1, 0.15) is 23.1 Å². The van der Waals surface area contributed by atoms with Gasteiger partial charge in [-0.15, -0.1) is 24.0 Å². The molecule has 0 aromatic heterocycles. The number of aliphatic imine (C=N–C) groups is 1. The van der Waals surface area contributed by atoms with Crippen LogP contribution < -0.4 is 11.1 Å². The van der Waals surface area contributed by atoms with Gasteiger partial charge < -0.3 is 11.1 Å². The summed E-state index contributed by atoms with van der Waals surface area (Å²) in [6, 6.07) is 12.9. The lowest BCUT2D eigenvalue weighted by Crippen LogP contribution is -2.23. The van der Waals surface area contributed by atoms with Gasteiger partial charge in [0.2, 0.25) is 0 Å². The van der Waals surface area contributed by atoms with Gasteiger partial charge in [-0.05, 0) is 54.5 Å². The Balaban J connectivity index is 0.00000225. The van der Waals surface area contributed by atoms with E-state index < -0.39 is 4.92 Å². The van der Waals surface area contributed by atoms with Crippen LogP contribution in [0.25, 0.3) is 0 Å². The molecule has 2 aromatic rings. The van der Waals surface area contributed by atoms with Crippen molar-refractivity contribution in [1.29, 1.82) is 0 Å². The molecule has 2 aromatic carbocycles. The fraction of sp³-hybridized carbons (Fsp3) is 0.278. The van der Waals surface area contributed by atoms with Crippen LogP contribution in [-0.2, 0) is 19.3 Å². The minimum Gasteiger partial charge on any atom is -0.370 e. The molecule has 0 spiro atoms. The number of nitrogens with one attached hydrogen (secondary N) is 1. The van der Waals surface area contributed by atoms with E-state index in [1.165, 1.54) is 23.6 Å². The third-order valence-corrected chi connectivity index (χ3v) is 4.17. The molecule has 132 valence electrons. The summed E-state index contributed by atoms with van der Waals surface area (Å²) >= 11 is 0. The molecule has 0 fully saturated rings. The van der Waals surface area contributed by atoms with E-state index in [2.05, 4.69) is 22.4 Å². The van der Waals surface area contributed by atoms with E-state index in [1.54, 1.807) is 12.1 Å². The maximum atomic E-state index is 10.8. The molecular formula is C18H21IN4O2. The zero-order chi connectivity index (χ0) is 16.9. The number of aryl methyl sites for hydroxylation is 2. The van der Waals surface area contributed by atoms with Crippen molar-refractivity contribution in [3.05, 3.63) is 69.3 Å². The molecule has 0 aliphatic heterocycles. The van der Waals surface area contributed by atoms with Crippen LogP contribution in [0.5, 0.6) is 0 Å². The molecule has 0 unspecified atom stereocenters. The number of fused-ring (bicyclic) bond motifs is 1. The van der Waals surface area contributed by atoms with E-state index >= 15 is 0 Å². The first-order valence-electron chi connectivity index (χ1n) is 8.04. The molecule has 3 N–H and O–H groups in total. The van der Waals surface area contributed by atoms with Crippen molar-refractivity contribution < 1.29 is 4.92 Å². The molecule has 0 atom stereocenters. The van der Waals surface area contributed by atoms with E-state index in [-0.39, 0.29) is 29.7 Å². The lowest BCUT2D eigenvalue weighted by atomic mass is 10.1. The standard InChI is InChI=1S/C18H20N4O2.HI/c19-18(21-16-8-7-14-4-2-5-15(14)12-16)20-10-9-13-3-1-6-17(11-13)22(23)24;/h1,3,6-8,11-12H,2,4-5,9-10H2,(H3,19,20,21);1H. The topological polar surface area (TPSA) is 93.5 Å². The molecule has 6 nitrogen and oxygen atoms in total. The van der Waals surface area contributed by atoms with E-state index in [0.29, 0.717) is 18.9 Å². The van der Waals surface area contributed by atoms with Crippen molar-refractivity contribution in [2.75, 3.05) is 11.9 Å². The molecule has 0 saturated carbocycles. The first kappa shape index (κ1) is 19.2. The van der Waals surface area contributed by atoms with Crippen molar-refractivity contribution >= 4 is 41.3 Å². The molecule has 0 bridgehead atoms. The largest absolute Gasteiger partial charge is 0.370 e. The molecule has 1 aliphatic carbocycles. The van der Waals surface area contributed by atoms with Gasteiger partial charge in [-0.1, -0.05) is 18.2 Å². The van der Waals surface area contributed by atoms with Crippen molar-refractivity contribution in [3.63, 3.8) is 0 Å². The summed E-state index contributed by atoms with van der Waals surface area (Å²) in [6.45, 7) is 0.477. The summed E-state index contributed by atoms with van der Waals surface area (Å²) in [5, 5.41) is 13.9. The summed E-state index contributed by atoms with van der Waals surface area (Å²) < 4.78 is 0. The first-order valence-corrected chi connectivity index (χ1v) is 8.04. The number of halogens is 1. The molecular weight excluding hydrogens is 431 g/mol. The third-order valence-electron chi connectivity index (χ3n) is 4.17. The molecule has 3 rings (SSSR count). The zero-order valence-corrected chi connectivity index (χ0v) is 16.1. The molecule has 0 radical (unpaired) electrons. The molecule has 0 amide bonds. The predicted molar refractivity (Wildman–Crippen MR) is 111 cm³/mol.